The maximum atomic E-state index is 11.3. The van der Waals surface area contributed by atoms with Crippen molar-refractivity contribution in [1.29, 1.82) is 0 Å². The van der Waals surface area contributed by atoms with Crippen molar-refractivity contribution in [3.63, 3.8) is 0 Å². The van der Waals surface area contributed by atoms with Gasteiger partial charge < -0.3 is 10.6 Å². The molecule has 0 spiro atoms. The highest BCUT2D eigenvalue weighted by Crippen LogP contribution is 2.19. The zero-order chi connectivity index (χ0) is 7.68. The van der Waals surface area contributed by atoms with E-state index in [0.717, 1.165) is 19.4 Å². The van der Waals surface area contributed by atoms with Crippen LogP contribution in [-0.4, -0.2) is 24.5 Å². The Bertz CT molecular complexity index is 159. The number of hydrogen-bond donors (Lipinski definition) is 2. The normalized spacial score (nSPS) is 30.4. The number of carbonyl (C=O) groups is 1. The summed E-state index contributed by atoms with van der Waals surface area (Å²) in [6.45, 7) is 1.00. The third-order valence-corrected chi connectivity index (χ3v) is 2.30. The van der Waals surface area contributed by atoms with Crippen molar-refractivity contribution >= 4 is 5.91 Å². The lowest BCUT2D eigenvalue weighted by atomic mass is 10.2. The molecular weight excluding hydrogens is 140 g/mol. The van der Waals surface area contributed by atoms with Crippen LogP contribution in [0.3, 0.4) is 0 Å². The molecule has 2 fully saturated rings. The molecule has 1 aliphatic carbocycles. The molecule has 0 aromatic carbocycles. The van der Waals surface area contributed by atoms with Gasteiger partial charge in [-0.3, -0.25) is 4.79 Å². The summed E-state index contributed by atoms with van der Waals surface area (Å²) in [7, 11) is 0. The number of rotatable bonds is 2. The van der Waals surface area contributed by atoms with Gasteiger partial charge >= 0.3 is 0 Å². The topological polar surface area (TPSA) is 41.1 Å². The molecule has 2 rings (SSSR count). The molecule has 1 saturated carbocycles. The van der Waals surface area contributed by atoms with E-state index in [4.69, 9.17) is 0 Å². The second-order valence-corrected chi connectivity index (χ2v) is 3.43. The summed E-state index contributed by atoms with van der Waals surface area (Å²) in [6.07, 6.45) is 4.51. The smallest absolute Gasteiger partial charge is 0.237 e. The summed E-state index contributed by atoms with van der Waals surface area (Å²) < 4.78 is 0. The Hall–Kier alpha value is -0.570. The van der Waals surface area contributed by atoms with E-state index in [-0.39, 0.29) is 11.9 Å². The van der Waals surface area contributed by atoms with E-state index in [2.05, 4.69) is 10.6 Å². The molecule has 0 aromatic rings. The summed E-state index contributed by atoms with van der Waals surface area (Å²) >= 11 is 0. The van der Waals surface area contributed by atoms with Crippen LogP contribution in [0.1, 0.15) is 25.7 Å². The second kappa shape index (κ2) is 2.81. The third kappa shape index (κ3) is 1.71. The Morgan fingerprint density at radius 1 is 1.36 bits per heavy atom. The Balaban J connectivity index is 1.77. The minimum Gasteiger partial charge on any atom is -0.352 e. The van der Waals surface area contributed by atoms with E-state index in [1.165, 1.54) is 12.8 Å². The molecule has 1 atom stereocenters. The van der Waals surface area contributed by atoms with E-state index in [9.17, 15) is 4.79 Å². The lowest BCUT2D eigenvalue weighted by Gasteiger charge is -2.09. The number of amides is 1. The van der Waals surface area contributed by atoms with E-state index in [1.807, 2.05) is 0 Å². The molecule has 62 valence electrons. The van der Waals surface area contributed by atoms with E-state index >= 15 is 0 Å². The summed E-state index contributed by atoms with van der Waals surface area (Å²) in [5, 5.41) is 6.17. The van der Waals surface area contributed by atoms with Gasteiger partial charge in [0.1, 0.15) is 0 Å². The zero-order valence-corrected chi connectivity index (χ0v) is 6.60. The van der Waals surface area contributed by atoms with Crippen LogP contribution in [0.5, 0.6) is 0 Å². The predicted molar refractivity (Wildman–Crippen MR) is 42.2 cm³/mol. The van der Waals surface area contributed by atoms with Gasteiger partial charge in [-0.2, -0.15) is 0 Å². The maximum absolute atomic E-state index is 11.3. The maximum Gasteiger partial charge on any atom is 0.237 e. The molecule has 0 bridgehead atoms. The van der Waals surface area contributed by atoms with Crippen LogP contribution in [-0.2, 0) is 4.79 Å². The third-order valence-electron chi connectivity index (χ3n) is 2.30. The van der Waals surface area contributed by atoms with Crippen LogP contribution in [0.15, 0.2) is 0 Å². The quantitative estimate of drug-likeness (QED) is 0.588. The summed E-state index contributed by atoms with van der Waals surface area (Å²) in [6, 6.07) is 0.612. The molecular formula is C8H14N2O. The fourth-order valence-electron chi connectivity index (χ4n) is 1.44. The number of hydrogen-bond acceptors (Lipinski definition) is 2. The van der Waals surface area contributed by atoms with Gasteiger partial charge in [-0.15, -0.1) is 0 Å². The molecule has 2 N–H and O–H groups in total. The Morgan fingerprint density at radius 3 is 2.73 bits per heavy atom. The van der Waals surface area contributed by atoms with Crippen LogP contribution in [0.2, 0.25) is 0 Å². The standard InChI is InChI=1S/C8H14N2O/c11-8(10-6-3-4-6)7-2-1-5-9-7/h6-7,9H,1-5H2,(H,10,11)/t7-/m1/s1. The van der Waals surface area contributed by atoms with Gasteiger partial charge in [-0.05, 0) is 32.2 Å². The van der Waals surface area contributed by atoms with Gasteiger partial charge in [0.15, 0.2) is 0 Å². The largest absolute Gasteiger partial charge is 0.352 e. The Kier molecular flexibility index (Phi) is 1.82. The van der Waals surface area contributed by atoms with E-state index in [1.54, 1.807) is 0 Å². The molecule has 0 radical (unpaired) electrons. The first-order chi connectivity index (χ1) is 5.36. The van der Waals surface area contributed by atoms with Crippen molar-refractivity contribution < 1.29 is 4.79 Å². The van der Waals surface area contributed by atoms with Gasteiger partial charge in [0, 0.05) is 6.04 Å². The molecule has 0 aromatic heterocycles. The minimum absolute atomic E-state index is 0.107. The Morgan fingerprint density at radius 2 is 2.18 bits per heavy atom. The molecule has 3 nitrogen and oxygen atoms in total. The number of nitrogens with one attached hydrogen (secondary N) is 2. The van der Waals surface area contributed by atoms with E-state index < -0.39 is 0 Å². The SMILES string of the molecule is O=C(NC1CC1)[C@H]1CCCN1. The molecule has 1 aliphatic heterocycles. The molecule has 11 heavy (non-hydrogen) atoms. The highest BCUT2D eigenvalue weighted by atomic mass is 16.2. The summed E-state index contributed by atoms with van der Waals surface area (Å²) in [5.41, 5.74) is 0. The zero-order valence-electron chi connectivity index (χ0n) is 6.60. The van der Waals surface area contributed by atoms with Crippen molar-refractivity contribution in [2.24, 2.45) is 0 Å². The molecule has 3 heteroatoms. The van der Waals surface area contributed by atoms with Gasteiger partial charge in [0.05, 0.1) is 6.04 Å². The van der Waals surface area contributed by atoms with Crippen molar-refractivity contribution in [3.05, 3.63) is 0 Å². The molecule has 1 heterocycles. The summed E-state index contributed by atoms with van der Waals surface area (Å²) in [5.74, 6) is 0.213. The molecule has 2 aliphatic rings. The van der Waals surface area contributed by atoms with Crippen LogP contribution in [0.25, 0.3) is 0 Å². The lowest BCUT2D eigenvalue weighted by molar-refractivity contribution is -0.122. The van der Waals surface area contributed by atoms with E-state index in [0.29, 0.717) is 6.04 Å². The fourth-order valence-corrected chi connectivity index (χ4v) is 1.44. The van der Waals surface area contributed by atoms with Crippen molar-refractivity contribution in [1.82, 2.24) is 10.6 Å². The van der Waals surface area contributed by atoms with Crippen molar-refractivity contribution in [2.45, 2.75) is 37.8 Å². The van der Waals surface area contributed by atoms with Gasteiger partial charge in [-0.25, -0.2) is 0 Å². The minimum atomic E-state index is 0.107. The highest BCUT2D eigenvalue weighted by Gasteiger charge is 2.28. The van der Waals surface area contributed by atoms with Gasteiger partial charge in [0.2, 0.25) is 5.91 Å². The van der Waals surface area contributed by atoms with Crippen LogP contribution < -0.4 is 10.6 Å². The monoisotopic (exact) mass is 154 g/mol. The first-order valence-electron chi connectivity index (χ1n) is 4.40. The number of carbonyl (C=O) groups excluding carboxylic acids is 1. The lowest BCUT2D eigenvalue weighted by Crippen LogP contribution is -2.41. The van der Waals surface area contributed by atoms with Crippen LogP contribution >= 0.6 is 0 Å². The fraction of sp³-hybridized carbons (Fsp3) is 0.875. The van der Waals surface area contributed by atoms with Crippen LogP contribution in [0, 0.1) is 0 Å². The molecule has 1 saturated heterocycles. The van der Waals surface area contributed by atoms with Crippen LogP contribution in [0.4, 0.5) is 0 Å². The van der Waals surface area contributed by atoms with Gasteiger partial charge in [-0.1, -0.05) is 0 Å². The summed E-state index contributed by atoms with van der Waals surface area (Å²) in [4.78, 5) is 11.3. The van der Waals surface area contributed by atoms with Gasteiger partial charge in [0.25, 0.3) is 0 Å². The van der Waals surface area contributed by atoms with Crippen molar-refractivity contribution in [3.8, 4) is 0 Å². The first-order valence-corrected chi connectivity index (χ1v) is 4.40. The van der Waals surface area contributed by atoms with Crippen molar-refractivity contribution in [2.75, 3.05) is 6.54 Å². The molecule has 0 unspecified atom stereocenters. The molecule has 1 amide bonds. The average molecular weight is 154 g/mol. The predicted octanol–water partition coefficient (Wildman–Crippen LogP) is 0.0170. The first kappa shape index (κ1) is 7.10. The second-order valence-electron chi connectivity index (χ2n) is 3.43. The average Bonchev–Trinajstić information content (AvgIpc) is 2.67. The Labute approximate surface area is 66.5 Å². The highest BCUT2D eigenvalue weighted by molar-refractivity contribution is 5.82.